The van der Waals surface area contributed by atoms with Gasteiger partial charge in [0.15, 0.2) is 0 Å². The Balaban J connectivity index is 1.97. The van der Waals surface area contributed by atoms with E-state index in [2.05, 4.69) is 4.90 Å². The van der Waals surface area contributed by atoms with Crippen LogP contribution in [0.15, 0.2) is 24.3 Å². The van der Waals surface area contributed by atoms with Crippen molar-refractivity contribution in [2.24, 2.45) is 0 Å². The van der Waals surface area contributed by atoms with Crippen LogP contribution in [0.1, 0.15) is 31.7 Å². The van der Waals surface area contributed by atoms with Gasteiger partial charge in [-0.1, -0.05) is 19.1 Å². The van der Waals surface area contributed by atoms with E-state index in [9.17, 15) is 9.50 Å². The van der Waals surface area contributed by atoms with Crippen molar-refractivity contribution in [1.82, 2.24) is 4.90 Å². The minimum atomic E-state index is -0.343. The number of rotatable bonds is 7. The topological polar surface area (TPSA) is 32.7 Å². The first-order valence-corrected chi connectivity index (χ1v) is 7.44. The van der Waals surface area contributed by atoms with Gasteiger partial charge in [0.05, 0.1) is 12.2 Å². The maximum absolute atomic E-state index is 13.3. The van der Waals surface area contributed by atoms with E-state index >= 15 is 0 Å². The van der Waals surface area contributed by atoms with E-state index in [0.29, 0.717) is 13.1 Å². The van der Waals surface area contributed by atoms with E-state index in [4.69, 9.17) is 4.74 Å². The number of hydrogen-bond donors (Lipinski definition) is 1. The smallest absolute Gasteiger partial charge is 0.123 e. The Morgan fingerprint density at radius 1 is 1.50 bits per heavy atom. The van der Waals surface area contributed by atoms with Crippen molar-refractivity contribution in [2.45, 2.75) is 44.9 Å². The molecule has 0 bridgehead atoms. The second-order valence-electron chi connectivity index (χ2n) is 5.52. The van der Waals surface area contributed by atoms with Crippen LogP contribution in [-0.2, 0) is 11.3 Å². The van der Waals surface area contributed by atoms with Crippen molar-refractivity contribution < 1.29 is 14.2 Å². The average molecular weight is 281 g/mol. The molecular weight excluding hydrogens is 257 g/mol. The van der Waals surface area contributed by atoms with E-state index in [0.717, 1.165) is 38.0 Å². The molecule has 1 aliphatic rings. The van der Waals surface area contributed by atoms with Crippen LogP contribution in [0.4, 0.5) is 4.39 Å². The summed E-state index contributed by atoms with van der Waals surface area (Å²) in [6, 6.07) is 6.66. The Morgan fingerprint density at radius 3 is 3.00 bits per heavy atom. The molecule has 4 heteroatoms. The highest BCUT2D eigenvalue weighted by molar-refractivity contribution is 5.16. The van der Waals surface area contributed by atoms with Crippen molar-refractivity contribution in [1.29, 1.82) is 0 Å². The minimum Gasteiger partial charge on any atom is -0.392 e. The number of nitrogens with zero attached hydrogens (tertiary/aromatic N) is 1. The molecule has 112 valence electrons. The lowest BCUT2D eigenvalue weighted by Crippen LogP contribution is -2.37. The molecule has 0 spiro atoms. The first-order chi connectivity index (χ1) is 9.67. The van der Waals surface area contributed by atoms with Gasteiger partial charge in [-0.15, -0.1) is 0 Å². The lowest BCUT2D eigenvalue weighted by molar-refractivity contribution is 0.0454. The summed E-state index contributed by atoms with van der Waals surface area (Å²) in [6.45, 7) is 4.85. The van der Waals surface area contributed by atoms with Gasteiger partial charge >= 0.3 is 0 Å². The highest BCUT2D eigenvalue weighted by Gasteiger charge is 2.20. The van der Waals surface area contributed by atoms with Crippen LogP contribution in [0.2, 0.25) is 0 Å². The van der Waals surface area contributed by atoms with Crippen molar-refractivity contribution in [2.75, 3.05) is 19.7 Å². The van der Waals surface area contributed by atoms with Crippen LogP contribution < -0.4 is 0 Å². The first kappa shape index (κ1) is 15.4. The number of aliphatic hydroxyl groups excluding tert-OH is 1. The minimum absolute atomic E-state index is 0.212. The van der Waals surface area contributed by atoms with E-state index < -0.39 is 0 Å². The number of benzene rings is 1. The maximum Gasteiger partial charge on any atom is 0.123 e. The third-order valence-corrected chi connectivity index (χ3v) is 3.72. The molecule has 2 unspecified atom stereocenters. The largest absolute Gasteiger partial charge is 0.392 e. The molecule has 1 fully saturated rings. The predicted molar refractivity (Wildman–Crippen MR) is 76.9 cm³/mol. The van der Waals surface area contributed by atoms with Gasteiger partial charge in [0.1, 0.15) is 5.82 Å². The van der Waals surface area contributed by atoms with Crippen molar-refractivity contribution in [3.8, 4) is 0 Å². The number of hydrogen-bond acceptors (Lipinski definition) is 3. The van der Waals surface area contributed by atoms with Gasteiger partial charge in [0.25, 0.3) is 0 Å². The molecule has 20 heavy (non-hydrogen) atoms. The number of ether oxygens (including phenoxy) is 1. The fraction of sp³-hybridized carbons (Fsp3) is 0.625. The molecule has 1 aliphatic heterocycles. The molecule has 1 aromatic carbocycles. The molecule has 0 saturated carbocycles. The monoisotopic (exact) mass is 281 g/mol. The molecule has 1 N–H and O–H groups in total. The van der Waals surface area contributed by atoms with Gasteiger partial charge in [0.2, 0.25) is 0 Å². The Bertz CT molecular complexity index is 407. The number of halogens is 1. The summed E-state index contributed by atoms with van der Waals surface area (Å²) < 4.78 is 18.9. The zero-order chi connectivity index (χ0) is 14.4. The van der Waals surface area contributed by atoms with Crippen LogP contribution >= 0.6 is 0 Å². The maximum atomic E-state index is 13.3. The molecule has 1 heterocycles. The normalized spacial score (nSPS) is 20.5. The van der Waals surface area contributed by atoms with Gasteiger partial charge in [0, 0.05) is 26.2 Å². The zero-order valence-electron chi connectivity index (χ0n) is 12.1. The summed E-state index contributed by atoms with van der Waals surface area (Å²) in [6.07, 6.45) is 2.81. The molecule has 2 rings (SSSR count). The molecule has 3 nitrogen and oxygen atoms in total. The molecule has 0 amide bonds. The summed E-state index contributed by atoms with van der Waals surface area (Å²) in [4.78, 5) is 2.17. The van der Waals surface area contributed by atoms with Gasteiger partial charge < -0.3 is 9.84 Å². The second kappa shape index (κ2) is 7.72. The van der Waals surface area contributed by atoms with Gasteiger partial charge in [-0.05, 0) is 37.0 Å². The van der Waals surface area contributed by atoms with Crippen LogP contribution in [0, 0.1) is 5.82 Å². The highest BCUT2D eigenvalue weighted by Crippen LogP contribution is 2.16. The summed E-state index contributed by atoms with van der Waals surface area (Å²) in [5.41, 5.74) is 0.936. The van der Waals surface area contributed by atoms with Crippen LogP contribution in [0.5, 0.6) is 0 Å². The molecule has 1 saturated heterocycles. The van der Waals surface area contributed by atoms with E-state index in [-0.39, 0.29) is 18.0 Å². The lowest BCUT2D eigenvalue weighted by Gasteiger charge is -2.27. The third kappa shape index (κ3) is 4.85. The van der Waals surface area contributed by atoms with Crippen molar-refractivity contribution in [3.63, 3.8) is 0 Å². The number of aliphatic hydroxyl groups is 1. The van der Waals surface area contributed by atoms with Crippen molar-refractivity contribution >= 4 is 0 Å². The van der Waals surface area contributed by atoms with Crippen LogP contribution in [0.25, 0.3) is 0 Å². The van der Waals surface area contributed by atoms with Gasteiger partial charge in [-0.25, -0.2) is 4.39 Å². The molecule has 2 atom stereocenters. The molecule has 0 radical (unpaired) electrons. The Morgan fingerprint density at radius 2 is 2.35 bits per heavy atom. The predicted octanol–water partition coefficient (Wildman–Crippen LogP) is 2.58. The Hall–Kier alpha value is -0.970. The first-order valence-electron chi connectivity index (χ1n) is 7.44. The molecule has 0 aliphatic carbocycles. The fourth-order valence-electron chi connectivity index (χ4n) is 2.60. The van der Waals surface area contributed by atoms with Crippen LogP contribution in [0.3, 0.4) is 0 Å². The van der Waals surface area contributed by atoms with Crippen LogP contribution in [-0.4, -0.2) is 41.9 Å². The summed E-state index contributed by atoms with van der Waals surface area (Å²) in [7, 11) is 0. The summed E-state index contributed by atoms with van der Waals surface area (Å²) in [5.74, 6) is -0.212. The second-order valence-corrected chi connectivity index (χ2v) is 5.52. The van der Waals surface area contributed by atoms with Gasteiger partial charge in [-0.2, -0.15) is 0 Å². The zero-order valence-corrected chi connectivity index (χ0v) is 12.1. The highest BCUT2D eigenvalue weighted by atomic mass is 19.1. The quantitative estimate of drug-likeness (QED) is 0.834. The van der Waals surface area contributed by atoms with E-state index in [1.807, 2.05) is 13.0 Å². The standard InChI is InChI=1S/C16H24FNO2/c1-2-15(19)11-18(12-16-7-4-8-20-16)10-13-5-3-6-14(17)9-13/h3,5-6,9,15-16,19H,2,4,7-8,10-12H2,1H3. The summed E-state index contributed by atoms with van der Waals surface area (Å²) in [5, 5.41) is 9.88. The van der Waals surface area contributed by atoms with Crippen molar-refractivity contribution in [3.05, 3.63) is 35.6 Å². The molecule has 0 aromatic heterocycles. The third-order valence-electron chi connectivity index (χ3n) is 3.72. The molecule has 1 aromatic rings. The van der Waals surface area contributed by atoms with E-state index in [1.165, 1.54) is 6.07 Å². The Kier molecular flexibility index (Phi) is 5.95. The molecular formula is C16H24FNO2. The SMILES string of the molecule is CCC(O)CN(Cc1cccc(F)c1)CC1CCCO1. The lowest BCUT2D eigenvalue weighted by atomic mass is 10.1. The van der Waals surface area contributed by atoms with Gasteiger partial charge in [-0.3, -0.25) is 4.90 Å². The average Bonchev–Trinajstić information content (AvgIpc) is 2.91. The van der Waals surface area contributed by atoms with E-state index in [1.54, 1.807) is 12.1 Å². The Labute approximate surface area is 120 Å². The fourth-order valence-corrected chi connectivity index (χ4v) is 2.60. The summed E-state index contributed by atoms with van der Waals surface area (Å²) >= 11 is 0.